The maximum absolute atomic E-state index is 12.6. The lowest BCUT2D eigenvalue weighted by atomic mass is 10.1. The first-order valence-corrected chi connectivity index (χ1v) is 8.64. The van der Waals surface area contributed by atoms with Crippen LogP contribution in [0.2, 0.25) is 0 Å². The van der Waals surface area contributed by atoms with Gasteiger partial charge in [0.15, 0.2) is 17.2 Å². The Bertz CT molecular complexity index is 1110. The Balaban J connectivity index is 1.87. The van der Waals surface area contributed by atoms with Crippen LogP contribution in [0.4, 0.5) is 0 Å². The predicted molar refractivity (Wildman–Crippen MR) is 106 cm³/mol. The minimum Gasteiger partial charge on any atom is -0.493 e. The second-order valence-electron chi connectivity index (χ2n) is 5.83. The van der Waals surface area contributed by atoms with Crippen LogP contribution in [0.15, 0.2) is 52.4 Å². The molecule has 1 N–H and O–H groups in total. The zero-order valence-electron chi connectivity index (χ0n) is 15.8. The van der Waals surface area contributed by atoms with Gasteiger partial charge in [0.25, 0.3) is 11.5 Å². The average molecular weight is 380 g/mol. The number of benzene rings is 2. The minimum atomic E-state index is -0.505. The van der Waals surface area contributed by atoms with Crippen molar-refractivity contribution in [3.63, 3.8) is 0 Å². The fraction of sp³-hybridized carbons (Fsp3) is 0.200. The molecule has 0 unspecified atom stereocenters. The van der Waals surface area contributed by atoms with Crippen LogP contribution in [0, 0.1) is 0 Å². The number of fused-ring (bicyclic) bond motifs is 1. The van der Waals surface area contributed by atoms with Crippen LogP contribution in [0.1, 0.15) is 23.0 Å². The molecule has 0 bridgehead atoms. The third-order valence-corrected chi connectivity index (χ3v) is 4.17. The van der Waals surface area contributed by atoms with Crippen LogP contribution in [0.5, 0.6) is 11.5 Å². The van der Waals surface area contributed by atoms with E-state index in [1.54, 1.807) is 63.6 Å². The highest BCUT2D eigenvalue weighted by atomic mass is 16.5. The Morgan fingerprint density at radius 3 is 2.54 bits per heavy atom. The number of aromatic nitrogens is 2. The van der Waals surface area contributed by atoms with E-state index in [4.69, 9.17) is 9.47 Å². The van der Waals surface area contributed by atoms with Gasteiger partial charge in [-0.15, -0.1) is 0 Å². The zero-order chi connectivity index (χ0) is 20.1. The number of rotatable bonds is 6. The fourth-order valence-electron chi connectivity index (χ4n) is 2.77. The van der Waals surface area contributed by atoms with Crippen molar-refractivity contribution in [1.29, 1.82) is 0 Å². The van der Waals surface area contributed by atoms with Gasteiger partial charge >= 0.3 is 0 Å². The monoisotopic (exact) mass is 380 g/mol. The molecule has 1 aromatic heterocycles. The molecule has 8 nitrogen and oxygen atoms in total. The molecule has 0 aliphatic carbocycles. The van der Waals surface area contributed by atoms with Crippen LogP contribution < -0.4 is 20.5 Å². The molecule has 28 heavy (non-hydrogen) atoms. The van der Waals surface area contributed by atoms with Gasteiger partial charge in [0.2, 0.25) is 0 Å². The topological polar surface area (TPSA) is 94.8 Å². The number of amides is 1. The maximum atomic E-state index is 12.6. The number of hydrazone groups is 1. The molecule has 0 spiro atoms. The van der Waals surface area contributed by atoms with Crippen LogP contribution in [0.3, 0.4) is 0 Å². The molecule has 0 saturated carbocycles. The van der Waals surface area contributed by atoms with E-state index >= 15 is 0 Å². The quantitative estimate of drug-likeness (QED) is 0.523. The molecule has 0 radical (unpaired) electrons. The number of ether oxygens (including phenoxy) is 2. The summed E-state index contributed by atoms with van der Waals surface area (Å²) in [6.45, 7) is 2.15. The first-order chi connectivity index (χ1) is 13.6. The summed E-state index contributed by atoms with van der Waals surface area (Å²) in [6, 6.07) is 12.1. The number of nitrogens with one attached hydrogen (secondary N) is 1. The summed E-state index contributed by atoms with van der Waals surface area (Å²) in [7, 11) is 3.10. The summed E-state index contributed by atoms with van der Waals surface area (Å²) in [5.74, 6) is 0.650. The first-order valence-electron chi connectivity index (χ1n) is 8.64. The SMILES string of the molecule is CCn1nc(C(=O)N/N=C\c2ccc(OC)c(OC)c2)c2ccccc2c1=O. The largest absolute Gasteiger partial charge is 0.493 e. The summed E-state index contributed by atoms with van der Waals surface area (Å²) >= 11 is 0. The van der Waals surface area contributed by atoms with Crippen molar-refractivity contribution in [3.05, 3.63) is 64.1 Å². The standard InChI is InChI=1S/C20H20N4O4/c1-4-24-20(26)15-8-6-5-7-14(15)18(23-24)19(25)22-21-12-13-9-10-16(27-2)17(11-13)28-3/h5-12H,4H2,1-3H3,(H,22,25)/b21-12-. The second kappa shape index (κ2) is 8.34. The second-order valence-corrected chi connectivity index (χ2v) is 5.83. The Morgan fingerprint density at radius 1 is 1.14 bits per heavy atom. The van der Waals surface area contributed by atoms with E-state index in [9.17, 15) is 9.59 Å². The molecule has 8 heteroatoms. The summed E-state index contributed by atoms with van der Waals surface area (Å²) in [6.07, 6.45) is 1.48. The van der Waals surface area contributed by atoms with Gasteiger partial charge in [-0.2, -0.15) is 10.2 Å². The lowest BCUT2D eigenvalue weighted by Gasteiger charge is -2.08. The average Bonchev–Trinajstić information content (AvgIpc) is 2.74. The lowest BCUT2D eigenvalue weighted by molar-refractivity contribution is 0.0949. The number of carbonyl (C=O) groups excluding carboxylic acids is 1. The van der Waals surface area contributed by atoms with E-state index in [0.29, 0.717) is 34.4 Å². The molecular formula is C20H20N4O4. The first kappa shape index (κ1) is 19.1. The summed E-state index contributed by atoms with van der Waals surface area (Å²) in [5, 5.41) is 9.08. The highest BCUT2D eigenvalue weighted by Crippen LogP contribution is 2.26. The number of nitrogens with zero attached hydrogens (tertiary/aromatic N) is 3. The van der Waals surface area contributed by atoms with Gasteiger partial charge in [-0.25, -0.2) is 10.1 Å². The molecule has 144 valence electrons. The molecule has 3 rings (SSSR count). The maximum Gasteiger partial charge on any atom is 0.292 e. The molecule has 2 aromatic carbocycles. The Kier molecular flexibility index (Phi) is 5.69. The van der Waals surface area contributed by atoms with Crippen LogP contribution in [0.25, 0.3) is 10.8 Å². The molecule has 0 aliphatic rings. The number of carbonyl (C=O) groups is 1. The normalized spacial score (nSPS) is 11.0. The van der Waals surface area contributed by atoms with Gasteiger partial charge in [-0.3, -0.25) is 9.59 Å². The molecular weight excluding hydrogens is 360 g/mol. The highest BCUT2D eigenvalue weighted by molar-refractivity contribution is 6.04. The number of methoxy groups -OCH3 is 2. The van der Waals surface area contributed by atoms with Gasteiger partial charge < -0.3 is 9.47 Å². The third-order valence-electron chi connectivity index (χ3n) is 4.17. The van der Waals surface area contributed by atoms with Crippen molar-refractivity contribution in [2.45, 2.75) is 13.5 Å². The molecule has 1 amide bonds. The minimum absolute atomic E-state index is 0.140. The van der Waals surface area contributed by atoms with Crippen molar-refractivity contribution in [2.75, 3.05) is 14.2 Å². The van der Waals surface area contributed by atoms with Gasteiger partial charge in [0.05, 0.1) is 25.8 Å². The highest BCUT2D eigenvalue weighted by Gasteiger charge is 2.15. The number of hydrogen-bond donors (Lipinski definition) is 1. The van der Waals surface area contributed by atoms with Crippen LogP contribution in [-0.2, 0) is 6.54 Å². The third kappa shape index (κ3) is 3.71. The van der Waals surface area contributed by atoms with Crippen molar-refractivity contribution >= 4 is 22.9 Å². The smallest absolute Gasteiger partial charge is 0.292 e. The van der Waals surface area contributed by atoms with Crippen molar-refractivity contribution in [1.82, 2.24) is 15.2 Å². The molecule has 0 atom stereocenters. The van der Waals surface area contributed by atoms with E-state index in [-0.39, 0.29) is 11.3 Å². The Labute approximate surface area is 161 Å². The van der Waals surface area contributed by atoms with Crippen LogP contribution in [-0.4, -0.2) is 36.1 Å². The van der Waals surface area contributed by atoms with Crippen LogP contribution >= 0.6 is 0 Å². The van der Waals surface area contributed by atoms with Crippen molar-refractivity contribution in [2.24, 2.45) is 5.10 Å². The molecule has 0 fully saturated rings. The Morgan fingerprint density at radius 2 is 1.86 bits per heavy atom. The van der Waals surface area contributed by atoms with Gasteiger partial charge in [-0.05, 0) is 36.8 Å². The summed E-state index contributed by atoms with van der Waals surface area (Å²) < 4.78 is 11.7. The van der Waals surface area contributed by atoms with Crippen molar-refractivity contribution < 1.29 is 14.3 Å². The summed E-state index contributed by atoms with van der Waals surface area (Å²) in [5.41, 5.74) is 3.08. The molecule has 3 aromatic rings. The fourth-order valence-corrected chi connectivity index (χ4v) is 2.77. The van der Waals surface area contributed by atoms with E-state index < -0.39 is 5.91 Å². The molecule has 0 aliphatic heterocycles. The van der Waals surface area contributed by atoms with E-state index in [2.05, 4.69) is 15.6 Å². The van der Waals surface area contributed by atoms with Gasteiger partial charge in [0.1, 0.15) is 0 Å². The van der Waals surface area contributed by atoms with E-state index in [1.807, 2.05) is 0 Å². The number of aryl methyl sites for hydroxylation is 1. The summed E-state index contributed by atoms with van der Waals surface area (Å²) in [4.78, 5) is 25.0. The molecule has 1 heterocycles. The van der Waals surface area contributed by atoms with Gasteiger partial charge in [-0.1, -0.05) is 18.2 Å². The van der Waals surface area contributed by atoms with E-state index in [1.165, 1.54) is 10.9 Å². The zero-order valence-corrected chi connectivity index (χ0v) is 15.8. The lowest BCUT2D eigenvalue weighted by Crippen LogP contribution is -2.28. The molecule has 0 saturated heterocycles. The Hall–Kier alpha value is -3.68. The van der Waals surface area contributed by atoms with Crippen molar-refractivity contribution in [3.8, 4) is 11.5 Å². The predicted octanol–water partition coefficient (Wildman–Crippen LogP) is 2.20. The number of hydrogen-bond acceptors (Lipinski definition) is 6. The van der Waals surface area contributed by atoms with E-state index in [0.717, 1.165) is 0 Å². The van der Waals surface area contributed by atoms with Gasteiger partial charge in [0, 0.05) is 11.9 Å².